The molecule has 0 atom stereocenters. The van der Waals surface area contributed by atoms with E-state index in [0.29, 0.717) is 11.7 Å². The van der Waals surface area contributed by atoms with E-state index in [0.717, 1.165) is 26.8 Å². The highest BCUT2D eigenvalue weighted by Gasteiger charge is 2.30. The van der Waals surface area contributed by atoms with Gasteiger partial charge in [0.15, 0.2) is 5.16 Å². The Morgan fingerprint density at radius 3 is 2.86 bits per heavy atom. The Bertz CT molecular complexity index is 684. The SMILES string of the molecule is CCn1c(SCC(=O)Nc2ccccc2I)nnc1C1CC1. The van der Waals surface area contributed by atoms with Gasteiger partial charge >= 0.3 is 0 Å². The molecule has 0 aliphatic heterocycles. The smallest absolute Gasteiger partial charge is 0.234 e. The molecule has 2 aromatic rings. The molecular weight excluding hydrogens is 411 g/mol. The number of nitrogens with zero attached hydrogens (tertiary/aromatic N) is 3. The van der Waals surface area contributed by atoms with E-state index in [-0.39, 0.29) is 5.91 Å². The van der Waals surface area contributed by atoms with Crippen LogP contribution in [0, 0.1) is 3.57 Å². The van der Waals surface area contributed by atoms with Gasteiger partial charge in [0.05, 0.1) is 11.4 Å². The topological polar surface area (TPSA) is 59.8 Å². The first kappa shape index (κ1) is 15.8. The fourth-order valence-corrected chi connectivity index (χ4v) is 3.56. The lowest BCUT2D eigenvalue weighted by Crippen LogP contribution is -2.15. The number of thioether (sulfide) groups is 1. The lowest BCUT2D eigenvalue weighted by atomic mass is 10.3. The molecule has 3 rings (SSSR count). The quantitative estimate of drug-likeness (QED) is 0.565. The first-order valence-corrected chi connectivity index (χ1v) is 9.35. The Morgan fingerprint density at radius 1 is 1.41 bits per heavy atom. The second-order valence-corrected chi connectivity index (χ2v) is 7.28. The minimum absolute atomic E-state index is 0.0206. The molecule has 1 saturated carbocycles. The molecular formula is C15H17IN4OS. The Balaban J connectivity index is 1.60. The number of carbonyl (C=O) groups excluding carboxylic acids is 1. The van der Waals surface area contributed by atoms with Crippen LogP contribution in [0.15, 0.2) is 29.4 Å². The lowest BCUT2D eigenvalue weighted by molar-refractivity contribution is -0.113. The van der Waals surface area contributed by atoms with Crippen LogP contribution in [0.25, 0.3) is 0 Å². The highest BCUT2D eigenvalue weighted by Crippen LogP contribution is 2.39. The molecule has 1 fully saturated rings. The fourth-order valence-electron chi connectivity index (χ4n) is 2.23. The summed E-state index contributed by atoms with van der Waals surface area (Å²) < 4.78 is 3.16. The summed E-state index contributed by atoms with van der Waals surface area (Å²) in [7, 11) is 0. The van der Waals surface area contributed by atoms with Crippen molar-refractivity contribution >= 4 is 45.9 Å². The average molecular weight is 428 g/mol. The normalized spacial score (nSPS) is 14.1. The molecule has 0 radical (unpaired) electrons. The maximum atomic E-state index is 12.1. The van der Waals surface area contributed by atoms with E-state index in [1.807, 2.05) is 24.3 Å². The third-order valence-electron chi connectivity index (χ3n) is 3.48. The second kappa shape index (κ2) is 6.99. The summed E-state index contributed by atoms with van der Waals surface area (Å²) in [5, 5.41) is 12.3. The van der Waals surface area contributed by atoms with Crippen molar-refractivity contribution in [3.63, 3.8) is 0 Å². The molecule has 0 unspecified atom stereocenters. The molecule has 7 heteroatoms. The molecule has 0 spiro atoms. The van der Waals surface area contributed by atoms with Gasteiger partial charge < -0.3 is 9.88 Å². The molecule has 0 bridgehead atoms. The number of halogens is 1. The highest BCUT2D eigenvalue weighted by molar-refractivity contribution is 14.1. The number of benzene rings is 1. The molecule has 1 N–H and O–H groups in total. The predicted octanol–water partition coefficient (Wildman–Crippen LogP) is 3.51. The minimum atomic E-state index is -0.0206. The van der Waals surface area contributed by atoms with Crippen molar-refractivity contribution in [2.45, 2.75) is 37.4 Å². The molecule has 0 saturated heterocycles. The molecule has 1 amide bonds. The minimum Gasteiger partial charge on any atom is -0.324 e. The zero-order valence-corrected chi connectivity index (χ0v) is 15.2. The van der Waals surface area contributed by atoms with Crippen molar-refractivity contribution < 1.29 is 4.79 Å². The van der Waals surface area contributed by atoms with Crippen molar-refractivity contribution in [3.8, 4) is 0 Å². The van der Waals surface area contributed by atoms with E-state index in [1.165, 1.54) is 24.6 Å². The van der Waals surface area contributed by atoms with Crippen molar-refractivity contribution in [2.24, 2.45) is 0 Å². The maximum Gasteiger partial charge on any atom is 0.234 e. The standard InChI is InChI=1S/C15H17IN4OS/c1-2-20-14(10-7-8-10)18-19-15(20)22-9-13(21)17-12-6-4-3-5-11(12)16/h3-6,10H,2,7-9H2,1H3,(H,17,21). The van der Waals surface area contributed by atoms with Gasteiger partial charge in [0.2, 0.25) is 5.91 Å². The van der Waals surface area contributed by atoms with Crippen LogP contribution in [0.4, 0.5) is 5.69 Å². The van der Waals surface area contributed by atoms with Gasteiger partial charge in [-0.05, 0) is 54.5 Å². The second-order valence-electron chi connectivity index (χ2n) is 5.18. The number of amides is 1. The van der Waals surface area contributed by atoms with Crippen molar-refractivity contribution in [1.29, 1.82) is 0 Å². The zero-order chi connectivity index (χ0) is 15.5. The van der Waals surface area contributed by atoms with Gasteiger partial charge in [-0.2, -0.15) is 0 Å². The van der Waals surface area contributed by atoms with E-state index >= 15 is 0 Å². The van der Waals surface area contributed by atoms with E-state index in [4.69, 9.17) is 0 Å². The van der Waals surface area contributed by atoms with Crippen molar-refractivity contribution in [1.82, 2.24) is 14.8 Å². The first-order chi connectivity index (χ1) is 10.7. The maximum absolute atomic E-state index is 12.1. The summed E-state index contributed by atoms with van der Waals surface area (Å²) in [6.07, 6.45) is 2.41. The van der Waals surface area contributed by atoms with Crippen LogP contribution < -0.4 is 5.32 Å². The van der Waals surface area contributed by atoms with Crippen LogP contribution in [0.2, 0.25) is 0 Å². The van der Waals surface area contributed by atoms with Gasteiger partial charge in [0.1, 0.15) is 5.82 Å². The summed E-state index contributed by atoms with van der Waals surface area (Å²) in [5.41, 5.74) is 0.851. The summed E-state index contributed by atoms with van der Waals surface area (Å²) in [4.78, 5) is 12.1. The molecule has 1 aliphatic carbocycles. The van der Waals surface area contributed by atoms with Crippen LogP contribution in [-0.2, 0) is 11.3 Å². The monoisotopic (exact) mass is 428 g/mol. The predicted molar refractivity (Wildman–Crippen MR) is 96.2 cm³/mol. The molecule has 116 valence electrons. The number of anilines is 1. The summed E-state index contributed by atoms with van der Waals surface area (Å²) in [6, 6.07) is 7.75. The number of nitrogens with one attached hydrogen (secondary N) is 1. The Hall–Kier alpha value is -1.09. The Morgan fingerprint density at radius 2 is 2.18 bits per heavy atom. The third kappa shape index (κ3) is 3.62. The lowest BCUT2D eigenvalue weighted by Gasteiger charge is -2.08. The molecule has 5 nitrogen and oxygen atoms in total. The van der Waals surface area contributed by atoms with Crippen LogP contribution in [-0.4, -0.2) is 26.4 Å². The molecule has 1 aromatic carbocycles. The number of hydrogen-bond acceptors (Lipinski definition) is 4. The van der Waals surface area contributed by atoms with Crippen LogP contribution in [0.3, 0.4) is 0 Å². The van der Waals surface area contributed by atoms with E-state index in [9.17, 15) is 4.79 Å². The molecule has 1 aromatic heterocycles. The van der Waals surface area contributed by atoms with E-state index in [2.05, 4.69) is 49.6 Å². The number of rotatable bonds is 6. The first-order valence-electron chi connectivity index (χ1n) is 7.29. The zero-order valence-electron chi connectivity index (χ0n) is 12.3. The van der Waals surface area contributed by atoms with Gasteiger partial charge in [-0.25, -0.2) is 0 Å². The van der Waals surface area contributed by atoms with Gasteiger partial charge in [-0.3, -0.25) is 4.79 Å². The number of para-hydroxylation sites is 1. The molecule has 1 aliphatic rings. The summed E-state index contributed by atoms with van der Waals surface area (Å²) >= 11 is 3.66. The van der Waals surface area contributed by atoms with Gasteiger partial charge in [-0.15, -0.1) is 10.2 Å². The van der Waals surface area contributed by atoms with E-state index in [1.54, 1.807) is 0 Å². The van der Waals surface area contributed by atoms with Crippen LogP contribution in [0.1, 0.15) is 31.5 Å². The largest absolute Gasteiger partial charge is 0.324 e. The number of hydrogen-bond donors (Lipinski definition) is 1. The number of aromatic nitrogens is 3. The van der Waals surface area contributed by atoms with Gasteiger partial charge in [0.25, 0.3) is 0 Å². The third-order valence-corrected chi connectivity index (χ3v) is 5.39. The Kier molecular flexibility index (Phi) is 5.02. The van der Waals surface area contributed by atoms with Crippen molar-refractivity contribution in [2.75, 3.05) is 11.1 Å². The molecule has 22 heavy (non-hydrogen) atoms. The Labute approximate surface area is 147 Å². The molecule has 1 heterocycles. The fraction of sp³-hybridized carbons (Fsp3) is 0.400. The highest BCUT2D eigenvalue weighted by atomic mass is 127. The summed E-state index contributed by atoms with van der Waals surface area (Å²) in [6.45, 7) is 2.94. The van der Waals surface area contributed by atoms with Crippen LogP contribution in [0.5, 0.6) is 0 Å². The summed E-state index contributed by atoms with van der Waals surface area (Å²) in [5.74, 6) is 1.96. The van der Waals surface area contributed by atoms with Crippen molar-refractivity contribution in [3.05, 3.63) is 33.7 Å². The van der Waals surface area contributed by atoms with Crippen LogP contribution >= 0.6 is 34.4 Å². The van der Waals surface area contributed by atoms with E-state index < -0.39 is 0 Å². The van der Waals surface area contributed by atoms with Gasteiger partial charge in [0, 0.05) is 16.0 Å². The average Bonchev–Trinajstić information content (AvgIpc) is 3.27. The number of carbonyl (C=O) groups is 1. The van der Waals surface area contributed by atoms with Gasteiger partial charge in [-0.1, -0.05) is 23.9 Å².